The molecule has 0 aliphatic carbocycles. The van der Waals surface area contributed by atoms with Gasteiger partial charge in [-0.1, -0.05) is 30.3 Å². The van der Waals surface area contributed by atoms with Crippen LogP contribution in [0.15, 0.2) is 54.7 Å². The molecule has 0 atom stereocenters. The van der Waals surface area contributed by atoms with Gasteiger partial charge in [-0.05, 0) is 42.2 Å². The number of fused-ring (bicyclic) bond motifs is 1. The molecule has 0 saturated carbocycles. The van der Waals surface area contributed by atoms with Gasteiger partial charge >= 0.3 is 6.18 Å². The fourth-order valence-electron chi connectivity index (χ4n) is 2.94. The zero-order valence-electron chi connectivity index (χ0n) is 15.2. The van der Waals surface area contributed by atoms with Gasteiger partial charge in [0, 0.05) is 30.1 Å². The Labute approximate surface area is 160 Å². The van der Waals surface area contributed by atoms with E-state index >= 15 is 0 Å². The van der Waals surface area contributed by atoms with Crippen molar-refractivity contribution in [3.8, 4) is 5.75 Å². The number of halogens is 3. The predicted octanol–water partition coefficient (Wildman–Crippen LogP) is 4.75. The summed E-state index contributed by atoms with van der Waals surface area (Å²) >= 11 is 0. The normalized spacial score (nSPS) is 11.5. The van der Waals surface area contributed by atoms with E-state index in [0.717, 1.165) is 23.9 Å². The third-order valence-corrected chi connectivity index (χ3v) is 4.34. The van der Waals surface area contributed by atoms with Gasteiger partial charge in [0.25, 0.3) is 0 Å². The topological polar surface area (TPSA) is 54.1 Å². The summed E-state index contributed by atoms with van der Waals surface area (Å²) in [6.07, 6.45) is -0.433. The van der Waals surface area contributed by atoms with E-state index in [1.54, 1.807) is 12.1 Å². The number of aryl methyl sites for hydroxylation is 1. The number of H-pyrrole nitrogens is 1. The number of hydrogen-bond acceptors (Lipinski definition) is 2. The summed E-state index contributed by atoms with van der Waals surface area (Å²) in [4.78, 5) is 15.2. The minimum atomic E-state index is -4.36. The Kier molecular flexibility index (Phi) is 6.23. The molecule has 2 N–H and O–H groups in total. The lowest BCUT2D eigenvalue weighted by atomic mass is 10.1. The van der Waals surface area contributed by atoms with Crippen molar-refractivity contribution in [3.63, 3.8) is 0 Å². The Bertz CT molecular complexity index is 917. The number of hydrogen-bond donors (Lipinski definition) is 2. The summed E-state index contributed by atoms with van der Waals surface area (Å²) in [7, 11) is 0. The summed E-state index contributed by atoms with van der Waals surface area (Å²) in [6, 6.07) is 14.2. The number of rotatable bonds is 8. The number of amides is 1. The quantitative estimate of drug-likeness (QED) is 0.583. The third kappa shape index (κ3) is 5.77. The first-order valence-corrected chi connectivity index (χ1v) is 9.01. The number of carbonyl (C=O) groups excluding carboxylic acids is 1. The summed E-state index contributed by atoms with van der Waals surface area (Å²) in [6.45, 7) is -0.995. The summed E-state index contributed by atoms with van der Waals surface area (Å²) in [5.74, 6) is 0.0865. The van der Waals surface area contributed by atoms with Crippen LogP contribution in [-0.2, 0) is 17.8 Å². The summed E-state index contributed by atoms with van der Waals surface area (Å²) in [5, 5.41) is 4.00. The van der Waals surface area contributed by atoms with Crippen LogP contribution in [0.5, 0.6) is 5.75 Å². The van der Waals surface area contributed by atoms with E-state index < -0.39 is 12.8 Å². The van der Waals surface area contributed by atoms with Gasteiger partial charge in [-0.2, -0.15) is 13.2 Å². The van der Waals surface area contributed by atoms with Crippen molar-refractivity contribution in [1.82, 2.24) is 10.3 Å². The van der Waals surface area contributed by atoms with Crippen molar-refractivity contribution in [1.29, 1.82) is 0 Å². The zero-order chi connectivity index (χ0) is 20.0. The molecule has 1 aromatic heterocycles. The second-order valence-electron chi connectivity index (χ2n) is 6.54. The largest absolute Gasteiger partial charge is 0.484 e. The predicted molar refractivity (Wildman–Crippen MR) is 101 cm³/mol. The second-order valence-corrected chi connectivity index (χ2v) is 6.54. The van der Waals surface area contributed by atoms with Gasteiger partial charge in [-0.25, -0.2) is 0 Å². The average Bonchev–Trinajstić information content (AvgIpc) is 3.08. The highest BCUT2D eigenvalue weighted by Crippen LogP contribution is 2.20. The molecule has 3 aromatic rings. The van der Waals surface area contributed by atoms with Gasteiger partial charge in [-0.3, -0.25) is 4.79 Å². The Morgan fingerprint density at radius 3 is 2.57 bits per heavy atom. The van der Waals surface area contributed by atoms with Gasteiger partial charge in [0.15, 0.2) is 6.61 Å². The standard InChI is InChI=1S/C21H21F3N2O2/c22-21(23,24)14-28-17-10-8-15(9-11-17)12-26-20(27)7-3-4-16-13-25-19-6-2-1-5-18(16)19/h1-2,5-6,8-11,13,25H,3-4,7,12,14H2,(H,26,27). The molecule has 0 fully saturated rings. The van der Waals surface area contributed by atoms with Crippen molar-refractivity contribution < 1.29 is 22.7 Å². The third-order valence-electron chi connectivity index (χ3n) is 4.34. The summed E-state index contributed by atoms with van der Waals surface area (Å²) in [5.41, 5.74) is 3.08. The van der Waals surface area contributed by atoms with Crippen LogP contribution in [0.3, 0.4) is 0 Å². The Morgan fingerprint density at radius 2 is 1.82 bits per heavy atom. The van der Waals surface area contributed by atoms with Crippen LogP contribution in [0, 0.1) is 0 Å². The fourth-order valence-corrected chi connectivity index (χ4v) is 2.94. The van der Waals surface area contributed by atoms with Crippen LogP contribution in [0.1, 0.15) is 24.0 Å². The van der Waals surface area contributed by atoms with Crippen molar-refractivity contribution in [2.24, 2.45) is 0 Å². The van der Waals surface area contributed by atoms with Crippen LogP contribution < -0.4 is 10.1 Å². The Morgan fingerprint density at radius 1 is 1.07 bits per heavy atom. The molecule has 0 unspecified atom stereocenters. The molecule has 1 amide bonds. The molecule has 7 heteroatoms. The van der Waals surface area contributed by atoms with Crippen molar-refractivity contribution >= 4 is 16.8 Å². The molecule has 0 spiro atoms. The molecule has 2 aromatic carbocycles. The van der Waals surface area contributed by atoms with E-state index in [4.69, 9.17) is 0 Å². The molecule has 0 saturated heterocycles. The van der Waals surface area contributed by atoms with Crippen molar-refractivity contribution in [2.45, 2.75) is 32.0 Å². The number of alkyl halides is 3. The highest BCUT2D eigenvalue weighted by atomic mass is 19.4. The lowest BCUT2D eigenvalue weighted by Crippen LogP contribution is -2.22. The molecular weight excluding hydrogens is 369 g/mol. The van der Waals surface area contributed by atoms with Gasteiger partial charge in [0.2, 0.25) is 5.91 Å². The fraction of sp³-hybridized carbons (Fsp3) is 0.286. The van der Waals surface area contributed by atoms with Crippen LogP contribution in [0.4, 0.5) is 13.2 Å². The first-order chi connectivity index (χ1) is 13.4. The molecule has 0 bridgehead atoms. The molecule has 28 heavy (non-hydrogen) atoms. The summed E-state index contributed by atoms with van der Waals surface area (Å²) < 4.78 is 41.0. The number of benzene rings is 2. The van der Waals surface area contributed by atoms with E-state index in [0.29, 0.717) is 13.0 Å². The number of aromatic nitrogens is 1. The highest BCUT2D eigenvalue weighted by molar-refractivity contribution is 5.83. The highest BCUT2D eigenvalue weighted by Gasteiger charge is 2.28. The average molecular weight is 390 g/mol. The maximum Gasteiger partial charge on any atom is 0.422 e. The minimum absolute atomic E-state index is 0.0581. The van der Waals surface area contributed by atoms with E-state index in [9.17, 15) is 18.0 Å². The maximum absolute atomic E-state index is 12.1. The van der Waals surface area contributed by atoms with E-state index in [2.05, 4.69) is 21.1 Å². The number of para-hydroxylation sites is 1. The van der Waals surface area contributed by atoms with Crippen LogP contribution >= 0.6 is 0 Å². The maximum atomic E-state index is 12.1. The van der Waals surface area contributed by atoms with Gasteiger partial charge in [0.1, 0.15) is 5.75 Å². The molecule has 0 radical (unpaired) electrons. The zero-order valence-corrected chi connectivity index (χ0v) is 15.2. The molecule has 148 valence electrons. The van der Waals surface area contributed by atoms with E-state index in [-0.39, 0.29) is 11.7 Å². The molecule has 3 rings (SSSR count). The monoisotopic (exact) mass is 390 g/mol. The first kappa shape index (κ1) is 19.8. The van der Waals surface area contributed by atoms with Crippen LogP contribution in [-0.4, -0.2) is 23.7 Å². The Balaban J connectivity index is 1.39. The molecule has 4 nitrogen and oxygen atoms in total. The lowest BCUT2D eigenvalue weighted by molar-refractivity contribution is -0.153. The van der Waals surface area contributed by atoms with Crippen molar-refractivity contribution in [2.75, 3.05) is 6.61 Å². The SMILES string of the molecule is O=C(CCCc1c[nH]c2ccccc12)NCc1ccc(OCC(F)(F)F)cc1. The van der Waals surface area contributed by atoms with Crippen LogP contribution in [0.2, 0.25) is 0 Å². The van der Waals surface area contributed by atoms with Gasteiger partial charge < -0.3 is 15.0 Å². The minimum Gasteiger partial charge on any atom is -0.484 e. The Hall–Kier alpha value is -2.96. The number of carbonyl (C=O) groups is 1. The van der Waals surface area contributed by atoms with Gasteiger partial charge in [0.05, 0.1) is 0 Å². The van der Waals surface area contributed by atoms with E-state index in [1.165, 1.54) is 23.1 Å². The number of nitrogens with one attached hydrogen (secondary N) is 2. The molecular formula is C21H21F3N2O2. The number of ether oxygens (including phenoxy) is 1. The van der Waals surface area contributed by atoms with Gasteiger partial charge in [-0.15, -0.1) is 0 Å². The molecule has 1 heterocycles. The van der Waals surface area contributed by atoms with Crippen LogP contribution in [0.25, 0.3) is 10.9 Å². The lowest BCUT2D eigenvalue weighted by Gasteiger charge is -2.10. The smallest absolute Gasteiger partial charge is 0.422 e. The second kappa shape index (κ2) is 8.82. The van der Waals surface area contributed by atoms with Crippen molar-refractivity contribution in [3.05, 3.63) is 65.9 Å². The van der Waals surface area contributed by atoms with E-state index in [1.807, 2.05) is 24.4 Å². The molecule has 0 aliphatic heterocycles. The molecule has 0 aliphatic rings. The first-order valence-electron chi connectivity index (χ1n) is 9.01. The number of aromatic amines is 1.